The second-order valence-electron chi connectivity index (χ2n) is 6.55. The molecule has 3 N–H and O–H groups in total. The molecule has 1 aromatic heterocycles. The summed E-state index contributed by atoms with van der Waals surface area (Å²) < 4.78 is 13.1. The highest BCUT2D eigenvalue weighted by Gasteiger charge is 2.51. The van der Waals surface area contributed by atoms with Crippen LogP contribution in [0.2, 0.25) is 0 Å². The van der Waals surface area contributed by atoms with Crippen LogP contribution in [0.4, 0.5) is 9.18 Å². The predicted molar refractivity (Wildman–Crippen MR) is 97.3 cm³/mol. The largest absolute Gasteiger partial charge is 0.339 e. The summed E-state index contributed by atoms with van der Waals surface area (Å²) in [5, 5.41) is 4.81. The van der Waals surface area contributed by atoms with Crippen LogP contribution in [0.3, 0.4) is 0 Å². The minimum absolute atomic E-state index is 0.134. The van der Waals surface area contributed by atoms with E-state index in [0.29, 0.717) is 23.0 Å². The van der Waals surface area contributed by atoms with Crippen molar-refractivity contribution >= 4 is 29.4 Å². The van der Waals surface area contributed by atoms with Gasteiger partial charge in [0.05, 0.1) is 17.6 Å². The van der Waals surface area contributed by atoms with E-state index in [1.165, 1.54) is 17.0 Å². The van der Waals surface area contributed by atoms with Gasteiger partial charge in [0.2, 0.25) is 6.41 Å². The summed E-state index contributed by atoms with van der Waals surface area (Å²) in [6, 6.07) is 12.2. The van der Waals surface area contributed by atoms with Crippen molar-refractivity contribution in [2.45, 2.75) is 12.1 Å². The molecule has 0 spiro atoms. The normalized spacial score (nSPS) is 18.8. The zero-order valence-electron chi connectivity index (χ0n) is 14.6. The number of benzene rings is 2. The van der Waals surface area contributed by atoms with Crippen LogP contribution in [0, 0.1) is 5.82 Å². The van der Waals surface area contributed by atoms with Crippen molar-refractivity contribution in [2.75, 3.05) is 6.54 Å². The summed E-state index contributed by atoms with van der Waals surface area (Å²) in [5.74, 6) is -0.770. The van der Waals surface area contributed by atoms with E-state index >= 15 is 0 Å². The fraction of sp³-hybridized carbons (Fsp3) is 0.158. The number of carbonyl (C=O) groups excluding carboxylic acids is 3. The number of aromatic amines is 1. The molecule has 1 aliphatic rings. The Morgan fingerprint density at radius 2 is 1.86 bits per heavy atom. The van der Waals surface area contributed by atoms with Gasteiger partial charge in [-0.25, -0.2) is 14.2 Å². The number of nitrogens with one attached hydrogen (secondary N) is 3. The second kappa shape index (κ2) is 6.76. The molecule has 1 atom stereocenters. The Morgan fingerprint density at radius 3 is 2.50 bits per heavy atom. The lowest BCUT2D eigenvalue weighted by Crippen LogP contribution is -2.53. The van der Waals surface area contributed by atoms with Crippen molar-refractivity contribution < 1.29 is 18.8 Å². The van der Waals surface area contributed by atoms with Gasteiger partial charge in [-0.15, -0.1) is 0 Å². The zero-order chi connectivity index (χ0) is 19.7. The lowest BCUT2D eigenvalue weighted by Gasteiger charge is -2.29. The van der Waals surface area contributed by atoms with Crippen LogP contribution in [0.25, 0.3) is 11.0 Å². The van der Waals surface area contributed by atoms with E-state index in [1.54, 1.807) is 30.3 Å². The van der Waals surface area contributed by atoms with Gasteiger partial charge >= 0.3 is 6.03 Å². The number of H-pyrrole nitrogens is 1. The zero-order valence-corrected chi connectivity index (χ0v) is 14.6. The van der Waals surface area contributed by atoms with Crippen LogP contribution in [0.15, 0.2) is 48.5 Å². The number of nitrogens with zero attached hydrogens (tertiary/aromatic N) is 2. The van der Waals surface area contributed by atoms with E-state index in [9.17, 15) is 18.8 Å². The molecule has 8 nitrogen and oxygen atoms in total. The highest BCUT2D eigenvalue weighted by Crippen LogP contribution is 2.26. The van der Waals surface area contributed by atoms with Crippen LogP contribution >= 0.6 is 0 Å². The fourth-order valence-electron chi connectivity index (χ4n) is 3.26. The van der Waals surface area contributed by atoms with Gasteiger partial charge in [0.15, 0.2) is 5.54 Å². The van der Waals surface area contributed by atoms with Crippen LogP contribution < -0.4 is 10.6 Å². The lowest BCUT2D eigenvalue weighted by molar-refractivity contribution is -0.127. The van der Waals surface area contributed by atoms with Crippen molar-refractivity contribution in [1.82, 2.24) is 25.5 Å². The molecule has 1 fully saturated rings. The monoisotopic (exact) mass is 381 g/mol. The van der Waals surface area contributed by atoms with Crippen molar-refractivity contribution in [3.63, 3.8) is 0 Å². The third-order valence-electron chi connectivity index (χ3n) is 4.62. The van der Waals surface area contributed by atoms with Gasteiger partial charge in [-0.3, -0.25) is 14.9 Å². The first-order valence-electron chi connectivity index (χ1n) is 8.53. The molecule has 9 heteroatoms. The predicted octanol–water partition coefficient (Wildman–Crippen LogP) is 1.40. The molecule has 4 amide bonds. The number of para-hydroxylation sites is 2. The molecular formula is C19H16FN5O3. The third-order valence-corrected chi connectivity index (χ3v) is 4.62. The molecule has 0 saturated carbocycles. The maximum absolute atomic E-state index is 13.1. The minimum Gasteiger partial charge on any atom is -0.339 e. The summed E-state index contributed by atoms with van der Waals surface area (Å²) >= 11 is 0. The standard InChI is InChI=1S/C19H16FN5O3/c20-13-7-5-12(6-8-13)9-25(11-26)10-19(17(27)23-18(28)24-19)16-21-14-3-1-2-4-15(14)22-16/h1-8,11H,9-10H2,(H,21,22)(H2,23,24,27,28). The topological polar surface area (TPSA) is 107 Å². The first-order chi connectivity index (χ1) is 13.5. The number of rotatable bonds is 6. The van der Waals surface area contributed by atoms with Gasteiger partial charge in [-0.05, 0) is 29.8 Å². The summed E-state index contributed by atoms with van der Waals surface area (Å²) in [4.78, 5) is 45.1. The number of halogens is 1. The molecular weight excluding hydrogens is 365 g/mol. The van der Waals surface area contributed by atoms with E-state index < -0.39 is 17.5 Å². The molecule has 142 valence electrons. The van der Waals surface area contributed by atoms with Crippen molar-refractivity contribution in [3.8, 4) is 0 Å². The van der Waals surface area contributed by atoms with E-state index in [0.717, 1.165) is 0 Å². The Balaban J connectivity index is 1.69. The van der Waals surface area contributed by atoms with Gasteiger partial charge in [0, 0.05) is 6.54 Å². The van der Waals surface area contributed by atoms with Crippen LogP contribution in [-0.4, -0.2) is 39.8 Å². The molecule has 28 heavy (non-hydrogen) atoms. The number of imidazole rings is 1. The van der Waals surface area contributed by atoms with Crippen LogP contribution in [-0.2, 0) is 21.7 Å². The first kappa shape index (κ1) is 17.7. The van der Waals surface area contributed by atoms with E-state index in [2.05, 4.69) is 20.6 Å². The number of hydrogen-bond acceptors (Lipinski definition) is 4. The summed E-state index contributed by atoms with van der Waals surface area (Å²) in [5.41, 5.74) is 0.443. The third kappa shape index (κ3) is 3.07. The van der Waals surface area contributed by atoms with E-state index in [4.69, 9.17) is 0 Å². The Kier molecular flexibility index (Phi) is 4.26. The van der Waals surface area contributed by atoms with Gasteiger partial charge in [-0.2, -0.15) is 0 Å². The Labute approximate surface area is 158 Å². The minimum atomic E-state index is -1.56. The summed E-state index contributed by atoms with van der Waals surface area (Å²) in [6.07, 6.45) is 0.575. The van der Waals surface area contributed by atoms with Crippen molar-refractivity contribution in [1.29, 1.82) is 0 Å². The summed E-state index contributed by atoms with van der Waals surface area (Å²) in [6.45, 7) is -0.0137. The van der Waals surface area contributed by atoms with Gasteiger partial charge in [0.1, 0.15) is 11.6 Å². The molecule has 1 saturated heterocycles. The SMILES string of the molecule is O=CN(Cc1ccc(F)cc1)CC1(c2nc3ccccc3[nH]2)NC(=O)NC1=O. The molecule has 4 rings (SSSR count). The smallest absolute Gasteiger partial charge is 0.322 e. The van der Waals surface area contributed by atoms with Gasteiger partial charge in [0.25, 0.3) is 5.91 Å². The summed E-state index contributed by atoms with van der Waals surface area (Å²) in [7, 11) is 0. The molecule has 0 aliphatic carbocycles. The molecule has 2 heterocycles. The average molecular weight is 381 g/mol. The molecule has 1 unspecified atom stereocenters. The van der Waals surface area contributed by atoms with Crippen LogP contribution in [0.1, 0.15) is 11.4 Å². The Bertz CT molecular complexity index is 1030. The number of amides is 4. The first-order valence-corrected chi connectivity index (χ1v) is 8.53. The van der Waals surface area contributed by atoms with Gasteiger partial charge in [-0.1, -0.05) is 24.3 Å². The number of fused-ring (bicyclic) bond motifs is 1. The Hall–Kier alpha value is -3.75. The number of carbonyl (C=O) groups is 3. The molecule has 1 aliphatic heterocycles. The quantitative estimate of drug-likeness (QED) is 0.443. The Morgan fingerprint density at radius 1 is 1.11 bits per heavy atom. The molecule has 0 bridgehead atoms. The molecule has 0 radical (unpaired) electrons. The van der Waals surface area contributed by atoms with Crippen molar-refractivity contribution in [2.24, 2.45) is 0 Å². The number of hydrogen-bond donors (Lipinski definition) is 3. The van der Waals surface area contributed by atoms with Crippen LogP contribution in [0.5, 0.6) is 0 Å². The highest BCUT2D eigenvalue weighted by molar-refractivity contribution is 6.07. The second-order valence-corrected chi connectivity index (χ2v) is 6.55. The van der Waals surface area contributed by atoms with E-state index in [-0.39, 0.29) is 24.7 Å². The number of imide groups is 1. The fourth-order valence-corrected chi connectivity index (χ4v) is 3.26. The maximum Gasteiger partial charge on any atom is 0.322 e. The van der Waals surface area contributed by atoms with Crippen molar-refractivity contribution in [3.05, 3.63) is 65.7 Å². The highest BCUT2D eigenvalue weighted by atomic mass is 19.1. The lowest BCUT2D eigenvalue weighted by atomic mass is 9.98. The van der Waals surface area contributed by atoms with Gasteiger partial charge < -0.3 is 15.2 Å². The number of aromatic nitrogens is 2. The van der Waals surface area contributed by atoms with E-state index in [1.807, 2.05) is 6.07 Å². The maximum atomic E-state index is 13.1. The molecule has 2 aromatic carbocycles. The number of urea groups is 1. The molecule has 3 aromatic rings. The average Bonchev–Trinajstić information content (AvgIpc) is 3.24.